The minimum absolute atomic E-state index is 0.0658. The number of unbranched alkanes of at least 4 members (excludes halogenated alkanes) is 1. The molecule has 0 saturated heterocycles. The third-order valence-electron chi connectivity index (χ3n) is 4.51. The zero-order chi connectivity index (χ0) is 19.7. The van der Waals surface area contributed by atoms with Gasteiger partial charge in [-0.05, 0) is 54.1 Å². The maximum atomic E-state index is 12.4. The van der Waals surface area contributed by atoms with E-state index in [1.165, 1.54) is 7.11 Å². The molecule has 1 atom stereocenters. The van der Waals surface area contributed by atoms with E-state index in [4.69, 9.17) is 10.5 Å². The molecule has 0 aliphatic heterocycles. The first kappa shape index (κ1) is 23.7. The number of nitrogens with two attached hydrogens (primary N) is 1. The average molecular weight is 357 g/mol. The van der Waals surface area contributed by atoms with Gasteiger partial charge < -0.3 is 21.1 Å². The van der Waals surface area contributed by atoms with Gasteiger partial charge in [-0.15, -0.1) is 0 Å². The van der Waals surface area contributed by atoms with Crippen LogP contribution >= 0.6 is 0 Å². The summed E-state index contributed by atoms with van der Waals surface area (Å²) >= 11 is 0. The Labute approximate surface area is 151 Å². The molecule has 25 heavy (non-hydrogen) atoms. The van der Waals surface area contributed by atoms with Crippen molar-refractivity contribution in [2.75, 3.05) is 20.7 Å². The van der Waals surface area contributed by atoms with Crippen LogP contribution in [0, 0.1) is 0 Å². The summed E-state index contributed by atoms with van der Waals surface area (Å²) in [5.41, 5.74) is 3.53. The SMILES string of the molecule is CN[C@@H](CCCCN)C(=O)NC(C)(C)C(=O)CCC(=O)C(C)(C)OC. The summed E-state index contributed by atoms with van der Waals surface area (Å²) in [4.78, 5) is 36.9. The molecule has 0 aliphatic carbocycles. The molecule has 0 aromatic rings. The Morgan fingerprint density at radius 2 is 1.60 bits per heavy atom. The molecule has 0 bridgehead atoms. The molecular formula is C18H35N3O4. The van der Waals surface area contributed by atoms with E-state index in [1.807, 2.05) is 0 Å². The Bertz CT molecular complexity index is 461. The molecule has 0 rings (SSSR count). The lowest BCUT2D eigenvalue weighted by atomic mass is 9.91. The summed E-state index contributed by atoms with van der Waals surface area (Å²) in [5.74, 6) is -0.542. The Hall–Kier alpha value is -1.31. The fourth-order valence-corrected chi connectivity index (χ4v) is 2.32. The topological polar surface area (TPSA) is 111 Å². The number of amides is 1. The standard InChI is InChI=1S/C18H35N3O4/c1-17(2,14(22)10-11-15(23)18(3,4)25-6)21-16(24)13(20-5)9-7-8-12-19/h13,20H,7-12,19H2,1-6H3,(H,21,24)/t13-/m0/s1. The summed E-state index contributed by atoms with van der Waals surface area (Å²) in [6.45, 7) is 7.25. The second-order valence-electron chi connectivity index (χ2n) is 7.30. The number of carbonyl (C=O) groups is 3. The number of rotatable bonds is 13. The van der Waals surface area contributed by atoms with Gasteiger partial charge in [0.1, 0.15) is 5.60 Å². The first-order chi connectivity index (χ1) is 11.5. The van der Waals surface area contributed by atoms with Crippen LogP contribution in [0.4, 0.5) is 0 Å². The van der Waals surface area contributed by atoms with Crippen molar-refractivity contribution in [1.29, 1.82) is 0 Å². The lowest BCUT2D eigenvalue weighted by molar-refractivity contribution is -0.139. The molecule has 0 aliphatic rings. The summed E-state index contributed by atoms with van der Waals surface area (Å²) in [7, 11) is 3.18. The second-order valence-corrected chi connectivity index (χ2v) is 7.30. The van der Waals surface area contributed by atoms with E-state index in [2.05, 4.69) is 10.6 Å². The van der Waals surface area contributed by atoms with Gasteiger partial charge in [0.25, 0.3) is 0 Å². The average Bonchev–Trinajstić information content (AvgIpc) is 2.55. The summed E-state index contributed by atoms with van der Waals surface area (Å²) in [6, 6.07) is -0.368. The van der Waals surface area contributed by atoms with E-state index in [0.29, 0.717) is 13.0 Å². The number of methoxy groups -OCH3 is 1. The normalized spacial score (nSPS) is 13.4. The number of ketones is 2. The maximum absolute atomic E-state index is 12.4. The molecule has 0 spiro atoms. The molecule has 0 aromatic carbocycles. The second kappa shape index (κ2) is 10.6. The monoisotopic (exact) mass is 357 g/mol. The molecule has 0 aromatic heterocycles. The van der Waals surface area contributed by atoms with Crippen LogP contribution in [0.1, 0.15) is 59.8 Å². The van der Waals surface area contributed by atoms with Crippen molar-refractivity contribution in [2.24, 2.45) is 5.73 Å². The third-order valence-corrected chi connectivity index (χ3v) is 4.51. The van der Waals surface area contributed by atoms with Crippen molar-refractivity contribution in [2.45, 2.75) is 77.0 Å². The van der Waals surface area contributed by atoms with Gasteiger partial charge in [0.15, 0.2) is 11.6 Å². The molecule has 0 unspecified atom stereocenters. The van der Waals surface area contributed by atoms with Gasteiger partial charge >= 0.3 is 0 Å². The van der Waals surface area contributed by atoms with Gasteiger partial charge in [-0.1, -0.05) is 6.42 Å². The largest absolute Gasteiger partial charge is 0.371 e. The number of ether oxygens (including phenoxy) is 1. The number of Topliss-reactive ketones (excluding diaryl/α,β-unsaturated/α-hetero) is 2. The fourth-order valence-electron chi connectivity index (χ4n) is 2.32. The summed E-state index contributed by atoms with van der Waals surface area (Å²) in [5, 5.41) is 5.75. The van der Waals surface area contributed by atoms with Crippen molar-refractivity contribution in [3.8, 4) is 0 Å². The van der Waals surface area contributed by atoms with E-state index in [1.54, 1.807) is 34.7 Å². The Morgan fingerprint density at radius 3 is 2.08 bits per heavy atom. The van der Waals surface area contributed by atoms with Gasteiger partial charge in [0.05, 0.1) is 11.6 Å². The highest BCUT2D eigenvalue weighted by Gasteiger charge is 2.33. The van der Waals surface area contributed by atoms with E-state index >= 15 is 0 Å². The van der Waals surface area contributed by atoms with Crippen molar-refractivity contribution < 1.29 is 19.1 Å². The first-order valence-electron chi connectivity index (χ1n) is 8.83. The lowest BCUT2D eigenvalue weighted by Crippen LogP contribution is -2.55. The number of hydrogen-bond donors (Lipinski definition) is 3. The highest BCUT2D eigenvalue weighted by molar-refractivity contribution is 5.96. The zero-order valence-corrected chi connectivity index (χ0v) is 16.5. The molecule has 0 radical (unpaired) electrons. The van der Waals surface area contributed by atoms with Crippen LogP contribution < -0.4 is 16.4 Å². The van der Waals surface area contributed by atoms with E-state index in [9.17, 15) is 14.4 Å². The van der Waals surface area contributed by atoms with Crippen molar-refractivity contribution in [1.82, 2.24) is 10.6 Å². The summed E-state index contributed by atoms with van der Waals surface area (Å²) < 4.78 is 5.13. The highest BCUT2D eigenvalue weighted by Crippen LogP contribution is 2.16. The van der Waals surface area contributed by atoms with E-state index in [0.717, 1.165) is 12.8 Å². The molecule has 0 fully saturated rings. The van der Waals surface area contributed by atoms with E-state index < -0.39 is 11.1 Å². The smallest absolute Gasteiger partial charge is 0.237 e. The minimum Gasteiger partial charge on any atom is -0.371 e. The van der Waals surface area contributed by atoms with Crippen LogP contribution in [0.5, 0.6) is 0 Å². The maximum Gasteiger partial charge on any atom is 0.237 e. The quantitative estimate of drug-likeness (QED) is 0.423. The highest BCUT2D eigenvalue weighted by atomic mass is 16.5. The number of nitrogens with one attached hydrogen (secondary N) is 2. The predicted octanol–water partition coefficient (Wildman–Crippen LogP) is 0.942. The molecule has 7 heteroatoms. The lowest BCUT2D eigenvalue weighted by Gasteiger charge is -2.28. The van der Waals surface area contributed by atoms with Crippen LogP contribution in [0.25, 0.3) is 0 Å². The van der Waals surface area contributed by atoms with Crippen LogP contribution in [0.2, 0.25) is 0 Å². The van der Waals surface area contributed by atoms with Gasteiger partial charge in [-0.25, -0.2) is 0 Å². The van der Waals surface area contributed by atoms with Crippen molar-refractivity contribution in [3.05, 3.63) is 0 Å². The van der Waals surface area contributed by atoms with Gasteiger partial charge in [-0.2, -0.15) is 0 Å². The molecule has 4 N–H and O–H groups in total. The number of carbonyl (C=O) groups excluding carboxylic acids is 3. The van der Waals surface area contributed by atoms with Crippen molar-refractivity contribution in [3.63, 3.8) is 0 Å². The minimum atomic E-state index is -1.03. The van der Waals surface area contributed by atoms with Crippen LogP contribution in [-0.4, -0.2) is 55.4 Å². The summed E-state index contributed by atoms with van der Waals surface area (Å²) in [6.07, 6.45) is 2.50. The molecule has 7 nitrogen and oxygen atoms in total. The van der Waals surface area contributed by atoms with Gasteiger partial charge in [0.2, 0.25) is 5.91 Å². The predicted molar refractivity (Wildman–Crippen MR) is 98.3 cm³/mol. The van der Waals surface area contributed by atoms with Crippen LogP contribution in [0.3, 0.4) is 0 Å². The Balaban J connectivity index is 4.65. The number of likely N-dealkylation sites (N-methyl/N-ethyl adjacent to an activating group) is 1. The first-order valence-corrected chi connectivity index (χ1v) is 8.83. The Kier molecular flexibility index (Phi) is 10.1. The van der Waals surface area contributed by atoms with Crippen molar-refractivity contribution >= 4 is 17.5 Å². The molecule has 146 valence electrons. The molecular weight excluding hydrogens is 322 g/mol. The Morgan fingerprint density at radius 1 is 1.04 bits per heavy atom. The van der Waals surface area contributed by atoms with Crippen LogP contribution in [-0.2, 0) is 19.1 Å². The van der Waals surface area contributed by atoms with Gasteiger partial charge in [0, 0.05) is 20.0 Å². The molecule has 1 amide bonds. The fraction of sp³-hybridized carbons (Fsp3) is 0.833. The third kappa shape index (κ3) is 8.07. The van der Waals surface area contributed by atoms with E-state index in [-0.39, 0.29) is 36.4 Å². The van der Waals surface area contributed by atoms with Gasteiger partial charge in [-0.3, -0.25) is 14.4 Å². The zero-order valence-electron chi connectivity index (χ0n) is 16.5. The van der Waals surface area contributed by atoms with Crippen LogP contribution in [0.15, 0.2) is 0 Å². The molecule has 0 heterocycles. The number of hydrogen-bond acceptors (Lipinski definition) is 6. The molecule has 0 saturated carbocycles.